The van der Waals surface area contributed by atoms with E-state index in [2.05, 4.69) is 15.5 Å². The lowest BCUT2D eigenvalue weighted by atomic mass is 9.94. The van der Waals surface area contributed by atoms with Crippen molar-refractivity contribution >= 4 is 28.6 Å². The maximum absolute atomic E-state index is 14.3. The summed E-state index contributed by atoms with van der Waals surface area (Å²) >= 11 is 1.47. The first kappa shape index (κ1) is 21.0. The molecule has 166 valence electrons. The van der Waals surface area contributed by atoms with Gasteiger partial charge in [-0.05, 0) is 60.7 Å². The largest absolute Gasteiger partial charge is 0.334 e. The first-order valence-electron chi connectivity index (χ1n) is 10.1. The normalized spacial score (nSPS) is 16.3. The van der Waals surface area contributed by atoms with E-state index in [9.17, 15) is 13.6 Å². The molecule has 4 aromatic rings. The number of aryl methyl sites for hydroxylation is 1. The molecule has 9 heteroatoms. The minimum absolute atomic E-state index is 0.211. The van der Waals surface area contributed by atoms with Crippen LogP contribution in [-0.2, 0) is 0 Å². The van der Waals surface area contributed by atoms with Crippen LogP contribution in [-0.4, -0.2) is 16.2 Å². The molecule has 1 aliphatic heterocycles. The number of amides is 2. The number of hydrogen-bond acceptors (Lipinski definition) is 5. The van der Waals surface area contributed by atoms with E-state index < -0.39 is 23.7 Å². The standard InChI is InChI=1S/C24H18F2N4O2S/c1-13-5-10-17(12-18(13)26)30-14(2)20(23-28-22(29-32-23)19-4-3-11-33-19)21(27-24(30)31)15-6-8-16(25)9-7-15/h3-12,21H,1-2H3,(H,27,31). The number of halogens is 2. The summed E-state index contributed by atoms with van der Waals surface area (Å²) in [6.45, 7) is 3.38. The van der Waals surface area contributed by atoms with Crippen molar-refractivity contribution in [1.29, 1.82) is 0 Å². The van der Waals surface area contributed by atoms with Crippen molar-refractivity contribution in [3.63, 3.8) is 0 Å². The van der Waals surface area contributed by atoms with Gasteiger partial charge in [0.1, 0.15) is 11.6 Å². The molecule has 1 unspecified atom stereocenters. The summed E-state index contributed by atoms with van der Waals surface area (Å²) < 4.78 is 33.5. The van der Waals surface area contributed by atoms with Crippen LogP contribution >= 0.6 is 11.3 Å². The zero-order valence-electron chi connectivity index (χ0n) is 17.7. The Kier molecular flexibility index (Phi) is 5.26. The van der Waals surface area contributed by atoms with Crippen LogP contribution in [0, 0.1) is 18.6 Å². The Labute approximate surface area is 192 Å². The van der Waals surface area contributed by atoms with Gasteiger partial charge >= 0.3 is 6.03 Å². The molecule has 0 aliphatic carbocycles. The Morgan fingerprint density at radius 3 is 2.58 bits per heavy atom. The molecule has 0 saturated heterocycles. The number of urea groups is 1. The summed E-state index contributed by atoms with van der Waals surface area (Å²) in [5.41, 5.74) is 2.51. The van der Waals surface area contributed by atoms with Gasteiger partial charge in [-0.25, -0.2) is 13.6 Å². The molecule has 2 aromatic carbocycles. The monoisotopic (exact) mass is 464 g/mol. The fourth-order valence-corrected chi connectivity index (χ4v) is 4.45. The molecule has 5 rings (SSSR count). The number of benzene rings is 2. The van der Waals surface area contributed by atoms with E-state index in [0.29, 0.717) is 33.9 Å². The summed E-state index contributed by atoms with van der Waals surface area (Å²) in [4.78, 5) is 19.9. The van der Waals surface area contributed by atoms with E-state index in [4.69, 9.17) is 4.52 Å². The van der Waals surface area contributed by atoms with Crippen LogP contribution in [0.1, 0.15) is 30.0 Å². The highest BCUT2D eigenvalue weighted by Gasteiger charge is 2.36. The van der Waals surface area contributed by atoms with Crippen LogP contribution < -0.4 is 10.2 Å². The van der Waals surface area contributed by atoms with Crippen molar-refractivity contribution in [3.8, 4) is 10.7 Å². The van der Waals surface area contributed by atoms with Crippen molar-refractivity contribution in [2.45, 2.75) is 19.9 Å². The number of nitrogens with one attached hydrogen (secondary N) is 1. The summed E-state index contributed by atoms with van der Waals surface area (Å²) in [5.74, 6) is -0.184. The Morgan fingerprint density at radius 1 is 1.09 bits per heavy atom. The summed E-state index contributed by atoms with van der Waals surface area (Å²) in [5, 5.41) is 8.92. The third-order valence-corrected chi connectivity index (χ3v) is 6.37. The second-order valence-corrected chi connectivity index (χ2v) is 8.55. The summed E-state index contributed by atoms with van der Waals surface area (Å²) in [6.07, 6.45) is 0. The average Bonchev–Trinajstić information content (AvgIpc) is 3.48. The molecule has 0 spiro atoms. The van der Waals surface area contributed by atoms with Gasteiger partial charge in [-0.2, -0.15) is 4.98 Å². The van der Waals surface area contributed by atoms with Crippen LogP contribution in [0.25, 0.3) is 16.3 Å². The summed E-state index contributed by atoms with van der Waals surface area (Å²) in [7, 11) is 0. The molecular weight excluding hydrogens is 446 g/mol. The zero-order chi connectivity index (χ0) is 23.1. The van der Waals surface area contributed by atoms with Gasteiger partial charge in [-0.3, -0.25) is 4.90 Å². The van der Waals surface area contributed by atoms with E-state index in [1.807, 2.05) is 17.5 Å². The maximum atomic E-state index is 14.3. The van der Waals surface area contributed by atoms with Gasteiger partial charge in [0.25, 0.3) is 5.89 Å². The van der Waals surface area contributed by atoms with Crippen LogP contribution in [0.4, 0.5) is 19.3 Å². The highest BCUT2D eigenvalue weighted by atomic mass is 32.1. The number of carbonyl (C=O) groups is 1. The van der Waals surface area contributed by atoms with Crippen LogP contribution in [0.3, 0.4) is 0 Å². The smallest absolute Gasteiger partial charge is 0.327 e. The molecule has 0 bridgehead atoms. The first-order valence-corrected chi connectivity index (χ1v) is 11.0. The van der Waals surface area contributed by atoms with Crippen molar-refractivity contribution in [1.82, 2.24) is 15.5 Å². The number of rotatable bonds is 4. The Balaban J connectivity index is 1.67. The minimum Gasteiger partial charge on any atom is -0.334 e. The van der Waals surface area contributed by atoms with Gasteiger partial charge in [0.15, 0.2) is 0 Å². The Morgan fingerprint density at radius 2 is 1.88 bits per heavy atom. The molecule has 0 saturated carbocycles. The van der Waals surface area contributed by atoms with Crippen LogP contribution in [0.5, 0.6) is 0 Å². The molecule has 33 heavy (non-hydrogen) atoms. The average molecular weight is 464 g/mol. The van der Waals surface area contributed by atoms with E-state index in [1.165, 1.54) is 34.4 Å². The van der Waals surface area contributed by atoms with E-state index in [1.54, 1.807) is 38.1 Å². The predicted octanol–water partition coefficient (Wildman–Crippen LogP) is 6.09. The van der Waals surface area contributed by atoms with Crippen molar-refractivity contribution < 1.29 is 18.1 Å². The first-order chi connectivity index (χ1) is 15.9. The topological polar surface area (TPSA) is 71.3 Å². The van der Waals surface area contributed by atoms with Crippen molar-refractivity contribution in [2.24, 2.45) is 0 Å². The number of allylic oxidation sites excluding steroid dienone is 1. The third-order valence-electron chi connectivity index (χ3n) is 5.50. The number of hydrogen-bond donors (Lipinski definition) is 1. The lowest BCUT2D eigenvalue weighted by molar-refractivity contribution is 0.244. The molecule has 2 amide bonds. The SMILES string of the molecule is CC1=C(c2nc(-c3cccs3)no2)C(c2ccc(F)cc2)NC(=O)N1c1ccc(C)c(F)c1. The molecule has 3 heterocycles. The summed E-state index contributed by atoms with van der Waals surface area (Å²) in [6, 6.07) is 13.0. The molecule has 0 radical (unpaired) electrons. The second kappa shape index (κ2) is 8.25. The number of carbonyl (C=O) groups excluding carboxylic acids is 1. The molecule has 6 nitrogen and oxygen atoms in total. The van der Waals surface area contributed by atoms with Gasteiger partial charge in [0.2, 0.25) is 5.82 Å². The number of aromatic nitrogens is 2. The Hall–Kier alpha value is -3.85. The van der Waals surface area contributed by atoms with Gasteiger partial charge < -0.3 is 9.84 Å². The zero-order valence-corrected chi connectivity index (χ0v) is 18.5. The molecule has 0 fully saturated rings. The van der Waals surface area contributed by atoms with Gasteiger partial charge in [-0.15, -0.1) is 11.3 Å². The number of thiophene rings is 1. The van der Waals surface area contributed by atoms with Gasteiger partial charge in [-0.1, -0.05) is 29.4 Å². The van der Waals surface area contributed by atoms with Crippen LogP contribution in [0.2, 0.25) is 0 Å². The highest BCUT2D eigenvalue weighted by molar-refractivity contribution is 7.13. The number of nitrogens with zero attached hydrogens (tertiary/aromatic N) is 3. The Bertz CT molecular complexity index is 1360. The van der Waals surface area contributed by atoms with Crippen molar-refractivity contribution in [3.05, 3.63) is 94.3 Å². The molecule has 1 aliphatic rings. The van der Waals surface area contributed by atoms with E-state index >= 15 is 0 Å². The maximum Gasteiger partial charge on any atom is 0.327 e. The van der Waals surface area contributed by atoms with Crippen molar-refractivity contribution in [2.75, 3.05) is 4.90 Å². The molecule has 2 aromatic heterocycles. The molecule has 1 N–H and O–H groups in total. The second-order valence-electron chi connectivity index (χ2n) is 7.60. The quantitative estimate of drug-likeness (QED) is 0.397. The van der Waals surface area contributed by atoms with Gasteiger partial charge in [0.05, 0.1) is 22.2 Å². The molecule has 1 atom stereocenters. The van der Waals surface area contributed by atoms with E-state index in [0.717, 1.165) is 4.88 Å². The fraction of sp³-hybridized carbons (Fsp3) is 0.125. The minimum atomic E-state index is -0.665. The van der Waals surface area contributed by atoms with Gasteiger partial charge in [0, 0.05) is 5.70 Å². The predicted molar refractivity (Wildman–Crippen MR) is 121 cm³/mol. The fourth-order valence-electron chi connectivity index (χ4n) is 3.80. The number of anilines is 1. The lowest BCUT2D eigenvalue weighted by Crippen LogP contribution is -2.46. The molecular formula is C24H18F2N4O2S. The van der Waals surface area contributed by atoms with E-state index in [-0.39, 0.29) is 5.89 Å². The van der Waals surface area contributed by atoms with Crippen LogP contribution in [0.15, 0.2) is 70.2 Å². The lowest BCUT2D eigenvalue weighted by Gasteiger charge is -2.35. The third kappa shape index (κ3) is 3.80. The highest BCUT2D eigenvalue weighted by Crippen LogP contribution is 2.39.